The Morgan fingerprint density at radius 2 is 2.11 bits per heavy atom. The molecule has 4 rings (SSSR count). The summed E-state index contributed by atoms with van der Waals surface area (Å²) in [7, 11) is 0. The molecule has 2 aromatic heterocycles. The predicted molar refractivity (Wildman–Crippen MR) is 93.6 cm³/mol. The first-order valence-electron chi connectivity index (χ1n) is 8.62. The number of hydrogen-bond donors (Lipinski definition) is 2. The van der Waals surface area contributed by atoms with Crippen LogP contribution in [-0.4, -0.2) is 53.7 Å². The van der Waals surface area contributed by atoms with Gasteiger partial charge in [-0.2, -0.15) is 9.78 Å². The molecule has 0 bridgehead atoms. The molecule has 3 heterocycles. The summed E-state index contributed by atoms with van der Waals surface area (Å²) in [5, 5.41) is 20.4. The van der Waals surface area contributed by atoms with Gasteiger partial charge in [0, 0.05) is 26.1 Å². The van der Waals surface area contributed by atoms with E-state index in [9.17, 15) is 9.59 Å². The van der Waals surface area contributed by atoms with Crippen molar-refractivity contribution in [2.45, 2.75) is 25.9 Å². The Morgan fingerprint density at radius 3 is 2.85 bits per heavy atom. The number of nitrogens with one attached hydrogen (secondary N) is 2. The minimum absolute atomic E-state index is 0.179. The number of nitrogens with zero attached hydrogens (tertiary/aromatic N) is 6. The Labute approximate surface area is 154 Å². The van der Waals surface area contributed by atoms with Gasteiger partial charge in [-0.3, -0.25) is 14.7 Å². The van der Waals surface area contributed by atoms with Gasteiger partial charge in [0.15, 0.2) is 5.82 Å². The van der Waals surface area contributed by atoms with Gasteiger partial charge in [0.1, 0.15) is 11.9 Å². The molecule has 1 saturated heterocycles. The van der Waals surface area contributed by atoms with Gasteiger partial charge >= 0.3 is 0 Å². The van der Waals surface area contributed by atoms with Gasteiger partial charge in [0.25, 0.3) is 5.91 Å². The van der Waals surface area contributed by atoms with Crippen molar-refractivity contribution in [2.75, 3.05) is 6.54 Å². The van der Waals surface area contributed by atoms with E-state index in [4.69, 9.17) is 0 Å². The molecule has 0 atom stereocenters. The molecule has 138 valence electrons. The smallest absolute Gasteiger partial charge is 0.257 e. The minimum atomic E-state index is -0.290. The summed E-state index contributed by atoms with van der Waals surface area (Å²) in [6, 6.07) is 7.79. The van der Waals surface area contributed by atoms with Crippen molar-refractivity contribution in [3.8, 4) is 5.82 Å². The Hall–Kier alpha value is -3.56. The zero-order valence-corrected chi connectivity index (χ0v) is 14.5. The fourth-order valence-corrected chi connectivity index (χ4v) is 3.12. The van der Waals surface area contributed by atoms with E-state index in [1.54, 1.807) is 0 Å². The van der Waals surface area contributed by atoms with Gasteiger partial charge in [-0.25, -0.2) is 0 Å². The molecular formula is C17H18N8O2. The average molecular weight is 366 g/mol. The van der Waals surface area contributed by atoms with Crippen LogP contribution in [0.3, 0.4) is 0 Å². The lowest BCUT2D eigenvalue weighted by Gasteiger charge is -2.18. The molecule has 0 spiro atoms. The van der Waals surface area contributed by atoms with Crippen LogP contribution in [0.15, 0.2) is 36.8 Å². The predicted octanol–water partition coefficient (Wildman–Crippen LogP) is 0.438. The van der Waals surface area contributed by atoms with E-state index in [1.165, 1.54) is 17.2 Å². The Bertz CT molecular complexity index is 950. The standard InChI is InChI=1S/C17H18N8O2/c26-15-6-3-7-24(15)10-13-5-2-1-4-12(13)8-18-17(27)14-9-19-21-16(14)25-11-20-22-23-25/h1-2,4-5,9,11H,3,6-8,10H2,(H,18,27)(H,19,21). The molecule has 1 aliphatic heterocycles. The van der Waals surface area contributed by atoms with Crippen molar-refractivity contribution in [3.63, 3.8) is 0 Å². The van der Waals surface area contributed by atoms with Crippen LogP contribution in [0.2, 0.25) is 0 Å². The monoisotopic (exact) mass is 366 g/mol. The number of H-pyrrole nitrogens is 1. The molecule has 2 N–H and O–H groups in total. The number of likely N-dealkylation sites (tertiary alicyclic amines) is 1. The van der Waals surface area contributed by atoms with E-state index in [0.29, 0.717) is 30.9 Å². The summed E-state index contributed by atoms with van der Waals surface area (Å²) < 4.78 is 1.34. The van der Waals surface area contributed by atoms with E-state index < -0.39 is 0 Å². The molecule has 0 aliphatic carbocycles. The lowest BCUT2D eigenvalue weighted by atomic mass is 10.1. The molecular weight excluding hydrogens is 348 g/mol. The first-order valence-corrected chi connectivity index (χ1v) is 8.62. The van der Waals surface area contributed by atoms with Gasteiger partial charge < -0.3 is 10.2 Å². The molecule has 10 heteroatoms. The van der Waals surface area contributed by atoms with Gasteiger partial charge in [0.05, 0.1) is 6.20 Å². The highest BCUT2D eigenvalue weighted by molar-refractivity contribution is 5.96. The third-order valence-corrected chi connectivity index (χ3v) is 4.53. The molecule has 27 heavy (non-hydrogen) atoms. The number of benzene rings is 1. The molecule has 1 aromatic carbocycles. The highest BCUT2D eigenvalue weighted by Gasteiger charge is 2.21. The molecule has 1 fully saturated rings. The second-order valence-electron chi connectivity index (χ2n) is 6.26. The van der Waals surface area contributed by atoms with Crippen molar-refractivity contribution in [1.29, 1.82) is 0 Å². The third-order valence-electron chi connectivity index (χ3n) is 4.53. The summed E-state index contributed by atoms with van der Waals surface area (Å²) in [5.74, 6) is 0.285. The van der Waals surface area contributed by atoms with Crippen LogP contribution in [0, 0.1) is 0 Å². The van der Waals surface area contributed by atoms with Gasteiger partial charge in [-0.15, -0.1) is 5.10 Å². The number of tetrazole rings is 1. The first kappa shape index (κ1) is 16.9. The van der Waals surface area contributed by atoms with E-state index in [1.807, 2.05) is 29.2 Å². The van der Waals surface area contributed by atoms with E-state index in [0.717, 1.165) is 24.1 Å². The second kappa shape index (κ2) is 7.36. The number of aromatic amines is 1. The van der Waals surface area contributed by atoms with Crippen molar-refractivity contribution >= 4 is 11.8 Å². The summed E-state index contributed by atoms with van der Waals surface area (Å²) >= 11 is 0. The second-order valence-corrected chi connectivity index (χ2v) is 6.26. The van der Waals surface area contributed by atoms with Gasteiger partial charge in [-0.05, 0) is 28.0 Å². The van der Waals surface area contributed by atoms with Crippen LogP contribution >= 0.6 is 0 Å². The van der Waals surface area contributed by atoms with Crippen molar-refractivity contribution in [2.24, 2.45) is 0 Å². The maximum absolute atomic E-state index is 12.6. The van der Waals surface area contributed by atoms with Gasteiger partial charge in [0.2, 0.25) is 5.91 Å². The summed E-state index contributed by atoms with van der Waals surface area (Å²) in [6.45, 7) is 1.69. The molecule has 1 aliphatic rings. The normalized spacial score (nSPS) is 13.9. The molecule has 3 aromatic rings. The maximum Gasteiger partial charge on any atom is 0.257 e. The van der Waals surface area contributed by atoms with Gasteiger partial charge in [-0.1, -0.05) is 24.3 Å². The zero-order valence-electron chi connectivity index (χ0n) is 14.5. The molecule has 0 saturated carbocycles. The van der Waals surface area contributed by atoms with Crippen molar-refractivity contribution in [1.82, 2.24) is 40.6 Å². The van der Waals surface area contributed by atoms with Crippen molar-refractivity contribution < 1.29 is 9.59 Å². The fourth-order valence-electron chi connectivity index (χ4n) is 3.12. The average Bonchev–Trinajstić information content (AvgIpc) is 3.43. The topological polar surface area (TPSA) is 122 Å². The molecule has 0 unspecified atom stereocenters. The fraction of sp³-hybridized carbons (Fsp3) is 0.294. The summed E-state index contributed by atoms with van der Waals surface area (Å²) in [6.07, 6.45) is 4.32. The molecule has 0 radical (unpaired) electrons. The van der Waals surface area contributed by atoms with E-state index >= 15 is 0 Å². The first-order chi connectivity index (χ1) is 13.2. The van der Waals surface area contributed by atoms with Crippen molar-refractivity contribution in [3.05, 3.63) is 53.5 Å². The summed E-state index contributed by atoms with van der Waals surface area (Å²) in [4.78, 5) is 26.3. The number of carbonyl (C=O) groups is 2. The highest BCUT2D eigenvalue weighted by atomic mass is 16.2. The van der Waals surface area contributed by atoms with Crippen LogP contribution < -0.4 is 5.32 Å². The van der Waals surface area contributed by atoms with E-state index in [-0.39, 0.29) is 11.8 Å². The Kier molecular flexibility index (Phi) is 4.60. The van der Waals surface area contributed by atoms with Crippen LogP contribution in [0.4, 0.5) is 0 Å². The largest absolute Gasteiger partial charge is 0.348 e. The number of aromatic nitrogens is 6. The lowest BCUT2D eigenvalue weighted by Crippen LogP contribution is -2.27. The van der Waals surface area contributed by atoms with Crippen LogP contribution in [-0.2, 0) is 17.9 Å². The number of rotatable bonds is 6. The third kappa shape index (κ3) is 3.54. The Morgan fingerprint density at radius 1 is 1.26 bits per heavy atom. The lowest BCUT2D eigenvalue weighted by molar-refractivity contribution is -0.128. The van der Waals surface area contributed by atoms with Crippen LogP contribution in [0.25, 0.3) is 5.82 Å². The SMILES string of the molecule is O=C(NCc1ccccc1CN1CCCC1=O)c1cn[nH]c1-n1cnnn1. The highest BCUT2D eigenvalue weighted by Crippen LogP contribution is 2.17. The maximum atomic E-state index is 12.6. The van der Waals surface area contributed by atoms with Crippen LogP contribution in [0.1, 0.15) is 34.3 Å². The summed E-state index contributed by atoms with van der Waals surface area (Å²) in [5.41, 5.74) is 2.34. The Balaban J connectivity index is 1.46. The quantitative estimate of drug-likeness (QED) is 0.653. The number of amides is 2. The molecule has 10 nitrogen and oxygen atoms in total. The minimum Gasteiger partial charge on any atom is -0.348 e. The van der Waals surface area contributed by atoms with Crippen LogP contribution in [0.5, 0.6) is 0 Å². The number of hydrogen-bond acceptors (Lipinski definition) is 6. The molecule has 2 amide bonds. The zero-order chi connectivity index (χ0) is 18.6. The van der Waals surface area contributed by atoms with E-state index in [2.05, 4.69) is 31.0 Å². The number of carbonyl (C=O) groups excluding carboxylic acids is 2.